The SMILES string of the molecule is C=C1NC(=O)c2c(sc(C(=O)OCC(=O)N3c4ccccc4CC3C)c2C)N1. The number of carbonyl (C=O) groups is 3. The minimum absolute atomic E-state index is 0.0123. The van der Waals surface area contributed by atoms with Crippen LogP contribution in [0.3, 0.4) is 0 Å². The van der Waals surface area contributed by atoms with E-state index in [0.29, 0.717) is 26.8 Å². The Hall–Kier alpha value is -3.13. The first-order chi connectivity index (χ1) is 13.4. The summed E-state index contributed by atoms with van der Waals surface area (Å²) >= 11 is 1.12. The number of esters is 1. The third-order valence-corrected chi connectivity index (χ3v) is 6.08. The molecule has 2 amide bonds. The number of nitrogens with one attached hydrogen (secondary N) is 2. The lowest BCUT2D eigenvalue weighted by Crippen LogP contribution is -2.38. The highest BCUT2D eigenvalue weighted by Gasteiger charge is 2.32. The van der Waals surface area contributed by atoms with Crippen LogP contribution in [0.25, 0.3) is 0 Å². The number of fused-ring (bicyclic) bond motifs is 2. The molecule has 1 atom stereocenters. The molecule has 28 heavy (non-hydrogen) atoms. The molecule has 2 aliphatic heterocycles. The molecule has 8 heteroatoms. The van der Waals surface area contributed by atoms with Crippen LogP contribution in [0.1, 0.15) is 38.1 Å². The topological polar surface area (TPSA) is 87.7 Å². The van der Waals surface area contributed by atoms with Gasteiger partial charge in [0.25, 0.3) is 11.8 Å². The van der Waals surface area contributed by atoms with Crippen molar-refractivity contribution in [1.29, 1.82) is 0 Å². The quantitative estimate of drug-likeness (QED) is 0.778. The zero-order valence-corrected chi connectivity index (χ0v) is 16.3. The maximum absolute atomic E-state index is 12.7. The summed E-state index contributed by atoms with van der Waals surface area (Å²) in [5, 5.41) is 6.07. The van der Waals surface area contributed by atoms with Crippen LogP contribution in [0.2, 0.25) is 0 Å². The summed E-state index contributed by atoms with van der Waals surface area (Å²) in [6.45, 7) is 6.97. The number of rotatable bonds is 3. The van der Waals surface area contributed by atoms with Crippen LogP contribution in [0.4, 0.5) is 10.7 Å². The van der Waals surface area contributed by atoms with Gasteiger partial charge >= 0.3 is 5.97 Å². The maximum Gasteiger partial charge on any atom is 0.349 e. The number of nitrogens with zero attached hydrogens (tertiary/aromatic N) is 1. The molecule has 1 aromatic heterocycles. The van der Waals surface area contributed by atoms with Gasteiger partial charge in [-0.25, -0.2) is 4.79 Å². The minimum Gasteiger partial charge on any atom is -0.451 e. The summed E-state index contributed by atoms with van der Waals surface area (Å²) in [5.74, 6) is -0.847. The summed E-state index contributed by atoms with van der Waals surface area (Å²) in [7, 11) is 0. The standard InChI is InChI=1S/C20H19N3O4S/c1-10-8-13-6-4-5-7-14(13)23(10)15(24)9-27-20(26)17-11(2)16-18(25)21-12(3)22-19(16)28-17/h4-7,10,22H,3,8-9H2,1-2H3,(H,21,25). The molecule has 144 valence electrons. The second-order valence-corrected chi connectivity index (χ2v) is 7.86. The van der Waals surface area contributed by atoms with Gasteiger partial charge in [0.15, 0.2) is 6.61 Å². The Bertz CT molecular complexity index is 1030. The Balaban J connectivity index is 1.48. The zero-order valence-electron chi connectivity index (χ0n) is 15.5. The van der Waals surface area contributed by atoms with Gasteiger partial charge in [-0.1, -0.05) is 24.8 Å². The lowest BCUT2D eigenvalue weighted by atomic mass is 10.1. The van der Waals surface area contributed by atoms with Crippen molar-refractivity contribution in [2.24, 2.45) is 0 Å². The van der Waals surface area contributed by atoms with Crippen LogP contribution in [0.15, 0.2) is 36.7 Å². The average Bonchev–Trinajstić information content (AvgIpc) is 3.15. The van der Waals surface area contributed by atoms with E-state index in [-0.39, 0.29) is 24.5 Å². The molecule has 1 aromatic carbocycles. The molecule has 0 fully saturated rings. The fraction of sp³-hybridized carbons (Fsp3) is 0.250. The summed E-state index contributed by atoms with van der Waals surface area (Å²) in [5.41, 5.74) is 2.89. The first kappa shape index (κ1) is 18.2. The molecule has 3 heterocycles. The molecule has 2 N–H and O–H groups in total. The van der Waals surface area contributed by atoms with Crippen LogP contribution in [-0.2, 0) is 16.0 Å². The van der Waals surface area contributed by atoms with E-state index in [1.165, 1.54) is 0 Å². The number of para-hydroxylation sites is 1. The third kappa shape index (κ3) is 2.95. The van der Waals surface area contributed by atoms with Gasteiger partial charge in [0.2, 0.25) is 0 Å². The average molecular weight is 397 g/mol. The van der Waals surface area contributed by atoms with Crippen LogP contribution in [0, 0.1) is 6.92 Å². The van der Waals surface area contributed by atoms with E-state index >= 15 is 0 Å². The van der Waals surface area contributed by atoms with Crippen molar-refractivity contribution in [3.05, 3.63) is 58.2 Å². The number of carbonyl (C=O) groups excluding carboxylic acids is 3. The van der Waals surface area contributed by atoms with Gasteiger partial charge in [0, 0.05) is 11.7 Å². The fourth-order valence-corrected chi connectivity index (χ4v) is 4.77. The summed E-state index contributed by atoms with van der Waals surface area (Å²) < 4.78 is 5.28. The number of ether oxygens (including phenoxy) is 1. The molecule has 2 aromatic rings. The largest absolute Gasteiger partial charge is 0.451 e. The molecule has 2 aliphatic rings. The molecular weight excluding hydrogens is 378 g/mol. The van der Waals surface area contributed by atoms with Crippen LogP contribution in [-0.4, -0.2) is 30.4 Å². The molecule has 0 bridgehead atoms. The van der Waals surface area contributed by atoms with Gasteiger partial charge in [-0.3, -0.25) is 9.59 Å². The van der Waals surface area contributed by atoms with Crippen molar-refractivity contribution in [3.63, 3.8) is 0 Å². The Morgan fingerprint density at radius 1 is 1.32 bits per heavy atom. The van der Waals surface area contributed by atoms with Crippen molar-refractivity contribution in [2.75, 3.05) is 16.8 Å². The maximum atomic E-state index is 12.7. The van der Waals surface area contributed by atoms with Crippen LogP contribution < -0.4 is 15.5 Å². The zero-order chi connectivity index (χ0) is 20.0. The molecule has 0 spiro atoms. The predicted molar refractivity (Wildman–Crippen MR) is 107 cm³/mol. The third-order valence-electron chi connectivity index (χ3n) is 4.89. The highest BCUT2D eigenvalue weighted by atomic mass is 32.1. The van der Waals surface area contributed by atoms with E-state index < -0.39 is 5.97 Å². The van der Waals surface area contributed by atoms with Gasteiger partial charge in [-0.05, 0) is 37.5 Å². The van der Waals surface area contributed by atoms with Gasteiger partial charge < -0.3 is 20.3 Å². The van der Waals surface area contributed by atoms with Crippen molar-refractivity contribution in [2.45, 2.75) is 26.3 Å². The molecule has 7 nitrogen and oxygen atoms in total. The molecule has 1 unspecified atom stereocenters. The van der Waals surface area contributed by atoms with Gasteiger partial charge in [0.1, 0.15) is 15.7 Å². The molecule has 0 aliphatic carbocycles. The molecular formula is C20H19N3O4S. The Labute approximate surface area is 166 Å². The van der Waals surface area contributed by atoms with Crippen molar-refractivity contribution < 1.29 is 19.1 Å². The number of hydrogen-bond donors (Lipinski definition) is 2. The monoisotopic (exact) mass is 397 g/mol. The fourth-order valence-electron chi connectivity index (χ4n) is 3.65. The number of hydrogen-bond acceptors (Lipinski definition) is 6. The van der Waals surface area contributed by atoms with Crippen molar-refractivity contribution in [1.82, 2.24) is 5.32 Å². The Morgan fingerprint density at radius 2 is 2.07 bits per heavy atom. The van der Waals surface area contributed by atoms with Crippen molar-refractivity contribution >= 4 is 39.8 Å². The van der Waals surface area contributed by atoms with Crippen LogP contribution >= 0.6 is 11.3 Å². The molecule has 0 saturated carbocycles. The summed E-state index contributed by atoms with van der Waals surface area (Å²) in [6, 6.07) is 7.73. The van der Waals surface area contributed by atoms with Crippen molar-refractivity contribution in [3.8, 4) is 0 Å². The molecule has 0 radical (unpaired) electrons. The number of amides is 2. The van der Waals surface area contributed by atoms with E-state index in [1.54, 1.807) is 11.8 Å². The minimum atomic E-state index is -0.620. The van der Waals surface area contributed by atoms with Gasteiger partial charge in [-0.2, -0.15) is 0 Å². The van der Waals surface area contributed by atoms with E-state index in [1.807, 2.05) is 31.2 Å². The molecule has 0 saturated heterocycles. The summed E-state index contributed by atoms with van der Waals surface area (Å²) in [6.07, 6.45) is 0.775. The van der Waals surface area contributed by atoms with Gasteiger partial charge in [0.05, 0.1) is 5.56 Å². The summed E-state index contributed by atoms with van der Waals surface area (Å²) in [4.78, 5) is 39.3. The second kappa shape index (κ2) is 6.79. The second-order valence-electron chi connectivity index (χ2n) is 6.84. The van der Waals surface area contributed by atoms with E-state index in [2.05, 4.69) is 17.2 Å². The Kier molecular flexibility index (Phi) is 4.43. The van der Waals surface area contributed by atoms with Gasteiger partial charge in [-0.15, -0.1) is 11.3 Å². The van der Waals surface area contributed by atoms with E-state index in [0.717, 1.165) is 29.0 Å². The number of anilines is 2. The highest BCUT2D eigenvalue weighted by Crippen LogP contribution is 2.36. The van der Waals surface area contributed by atoms with Crippen LogP contribution in [0.5, 0.6) is 0 Å². The Morgan fingerprint density at radius 3 is 2.86 bits per heavy atom. The smallest absolute Gasteiger partial charge is 0.349 e. The molecule has 4 rings (SSSR count). The lowest BCUT2D eigenvalue weighted by Gasteiger charge is -2.22. The number of thiophene rings is 1. The number of benzene rings is 1. The van der Waals surface area contributed by atoms with E-state index in [4.69, 9.17) is 4.74 Å². The first-order valence-electron chi connectivity index (χ1n) is 8.84. The first-order valence-corrected chi connectivity index (χ1v) is 9.66. The van der Waals surface area contributed by atoms with E-state index in [9.17, 15) is 14.4 Å². The predicted octanol–water partition coefficient (Wildman–Crippen LogP) is 2.82. The lowest BCUT2D eigenvalue weighted by molar-refractivity contribution is -0.122. The normalized spacial score (nSPS) is 17.5. The highest BCUT2D eigenvalue weighted by molar-refractivity contribution is 7.18.